The van der Waals surface area contributed by atoms with Gasteiger partial charge in [0, 0.05) is 5.02 Å². The number of rotatable bonds is 5. The molecule has 0 aromatic heterocycles. The van der Waals surface area contributed by atoms with Crippen molar-refractivity contribution in [3.63, 3.8) is 0 Å². The van der Waals surface area contributed by atoms with Crippen molar-refractivity contribution in [2.75, 3.05) is 5.32 Å². The number of amides is 1. The molecule has 1 N–H and O–H groups in total. The molecule has 2 aromatic carbocycles. The Bertz CT molecular complexity index is 656. The SMILES string of the molecule is CCc1ccc(O[C@H](C)C(=O)Nc2cc(Cl)ccc2Cl)cc1. The lowest BCUT2D eigenvalue weighted by Crippen LogP contribution is -2.30. The molecule has 0 aliphatic heterocycles. The summed E-state index contributed by atoms with van der Waals surface area (Å²) in [6.45, 7) is 3.77. The van der Waals surface area contributed by atoms with Gasteiger partial charge in [0.05, 0.1) is 10.7 Å². The summed E-state index contributed by atoms with van der Waals surface area (Å²) in [7, 11) is 0. The fraction of sp³-hybridized carbons (Fsp3) is 0.235. The minimum absolute atomic E-state index is 0.288. The van der Waals surface area contributed by atoms with Gasteiger partial charge in [-0.2, -0.15) is 0 Å². The maximum absolute atomic E-state index is 12.2. The van der Waals surface area contributed by atoms with Crippen LogP contribution in [-0.2, 0) is 11.2 Å². The largest absolute Gasteiger partial charge is 0.481 e. The Balaban J connectivity index is 2.00. The first kappa shape index (κ1) is 16.7. The predicted octanol–water partition coefficient (Wildman–Crippen LogP) is 4.96. The molecular weight excluding hydrogens is 321 g/mol. The zero-order valence-corrected chi connectivity index (χ0v) is 13.9. The van der Waals surface area contributed by atoms with Gasteiger partial charge in [0.15, 0.2) is 6.10 Å². The summed E-state index contributed by atoms with van der Waals surface area (Å²) >= 11 is 11.9. The molecule has 2 rings (SSSR count). The van der Waals surface area contributed by atoms with Gasteiger partial charge in [-0.3, -0.25) is 4.79 Å². The monoisotopic (exact) mass is 337 g/mol. The van der Waals surface area contributed by atoms with E-state index in [9.17, 15) is 4.79 Å². The van der Waals surface area contributed by atoms with Gasteiger partial charge in [-0.15, -0.1) is 0 Å². The fourth-order valence-electron chi connectivity index (χ4n) is 1.89. The molecule has 3 nitrogen and oxygen atoms in total. The van der Waals surface area contributed by atoms with Crippen LogP contribution < -0.4 is 10.1 Å². The van der Waals surface area contributed by atoms with E-state index in [1.807, 2.05) is 24.3 Å². The van der Waals surface area contributed by atoms with Crippen molar-refractivity contribution in [1.29, 1.82) is 0 Å². The second kappa shape index (κ2) is 7.52. The van der Waals surface area contributed by atoms with Gasteiger partial charge >= 0.3 is 0 Å². The number of halogens is 2. The highest BCUT2D eigenvalue weighted by molar-refractivity contribution is 6.35. The average molecular weight is 338 g/mol. The predicted molar refractivity (Wildman–Crippen MR) is 91.0 cm³/mol. The van der Waals surface area contributed by atoms with Crippen molar-refractivity contribution in [3.8, 4) is 5.75 Å². The molecule has 2 aromatic rings. The molecule has 0 aliphatic rings. The quantitative estimate of drug-likeness (QED) is 0.837. The van der Waals surface area contributed by atoms with Gasteiger partial charge in [0.2, 0.25) is 0 Å². The maximum Gasteiger partial charge on any atom is 0.265 e. The van der Waals surface area contributed by atoms with Crippen molar-refractivity contribution in [1.82, 2.24) is 0 Å². The summed E-state index contributed by atoms with van der Waals surface area (Å²) in [5.74, 6) is 0.362. The summed E-state index contributed by atoms with van der Waals surface area (Å²) in [6.07, 6.45) is 0.311. The molecule has 0 bridgehead atoms. The van der Waals surface area contributed by atoms with Crippen LogP contribution in [0.1, 0.15) is 19.4 Å². The Morgan fingerprint density at radius 3 is 2.50 bits per heavy atom. The van der Waals surface area contributed by atoms with Gasteiger partial charge in [0.1, 0.15) is 5.75 Å². The van der Waals surface area contributed by atoms with E-state index in [1.54, 1.807) is 25.1 Å². The standard InChI is InChI=1S/C17H17Cl2NO2/c1-3-12-4-7-14(8-5-12)22-11(2)17(21)20-16-10-13(18)6-9-15(16)19/h4-11H,3H2,1-2H3,(H,20,21)/t11-/m1/s1. The minimum Gasteiger partial charge on any atom is -0.481 e. The van der Waals surface area contributed by atoms with E-state index < -0.39 is 6.10 Å². The summed E-state index contributed by atoms with van der Waals surface area (Å²) in [5.41, 5.74) is 1.69. The van der Waals surface area contributed by atoms with Crippen molar-refractivity contribution < 1.29 is 9.53 Å². The molecule has 0 saturated carbocycles. The average Bonchev–Trinajstić information content (AvgIpc) is 2.51. The van der Waals surface area contributed by atoms with Crippen molar-refractivity contribution in [3.05, 3.63) is 58.1 Å². The second-order valence-electron chi connectivity index (χ2n) is 4.87. The first-order valence-corrected chi connectivity index (χ1v) is 7.76. The maximum atomic E-state index is 12.2. The number of anilines is 1. The Morgan fingerprint density at radius 2 is 1.86 bits per heavy atom. The molecule has 116 valence electrons. The van der Waals surface area contributed by atoms with Crippen LogP contribution in [0.15, 0.2) is 42.5 Å². The molecule has 0 aliphatic carbocycles. The lowest BCUT2D eigenvalue weighted by Gasteiger charge is -2.15. The third-order valence-corrected chi connectivity index (χ3v) is 3.76. The first-order chi connectivity index (χ1) is 10.5. The van der Waals surface area contributed by atoms with E-state index in [1.165, 1.54) is 5.56 Å². The van der Waals surface area contributed by atoms with Crippen molar-refractivity contribution >= 4 is 34.8 Å². The van der Waals surface area contributed by atoms with Crippen molar-refractivity contribution in [2.45, 2.75) is 26.4 Å². The highest BCUT2D eigenvalue weighted by Crippen LogP contribution is 2.25. The van der Waals surface area contributed by atoms with Crippen LogP contribution in [0.3, 0.4) is 0 Å². The minimum atomic E-state index is -0.650. The third-order valence-electron chi connectivity index (χ3n) is 3.20. The van der Waals surface area contributed by atoms with Crippen LogP contribution in [0.2, 0.25) is 10.0 Å². The Kier molecular flexibility index (Phi) is 5.69. The van der Waals surface area contributed by atoms with E-state index in [2.05, 4.69) is 12.2 Å². The number of benzene rings is 2. The smallest absolute Gasteiger partial charge is 0.265 e. The molecule has 0 radical (unpaired) electrons. The van der Waals surface area contributed by atoms with Gasteiger partial charge in [-0.1, -0.05) is 42.3 Å². The summed E-state index contributed by atoms with van der Waals surface area (Å²) in [6, 6.07) is 12.6. The number of hydrogen-bond donors (Lipinski definition) is 1. The molecule has 0 heterocycles. The van der Waals surface area contributed by atoms with E-state index in [0.717, 1.165) is 6.42 Å². The molecule has 1 amide bonds. The van der Waals surface area contributed by atoms with E-state index in [-0.39, 0.29) is 5.91 Å². The number of nitrogens with one attached hydrogen (secondary N) is 1. The van der Waals surface area contributed by atoms with Crippen LogP contribution in [-0.4, -0.2) is 12.0 Å². The summed E-state index contributed by atoms with van der Waals surface area (Å²) in [4.78, 5) is 12.2. The summed E-state index contributed by atoms with van der Waals surface area (Å²) < 4.78 is 5.63. The number of carbonyl (C=O) groups excluding carboxylic acids is 1. The topological polar surface area (TPSA) is 38.3 Å². The normalized spacial score (nSPS) is 11.8. The summed E-state index contributed by atoms with van der Waals surface area (Å²) in [5, 5.41) is 3.64. The lowest BCUT2D eigenvalue weighted by molar-refractivity contribution is -0.122. The molecule has 0 unspecified atom stereocenters. The molecule has 5 heteroatoms. The number of ether oxygens (including phenoxy) is 1. The Morgan fingerprint density at radius 1 is 1.18 bits per heavy atom. The van der Waals surface area contributed by atoms with E-state index in [4.69, 9.17) is 27.9 Å². The Labute approximate surface area is 140 Å². The van der Waals surface area contributed by atoms with Gasteiger partial charge in [0.25, 0.3) is 5.91 Å². The molecule has 0 saturated heterocycles. The van der Waals surface area contributed by atoms with Crippen LogP contribution >= 0.6 is 23.2 Å². The zero-order valence-electron chi connectivity index (χ0n) is 12.4. The third kappa shape index (κ3) is 4.39. The highest BCUT2D eigenvalue weighted by Gasteiger charge is 2.16. The molecule has 0 spiro atoms. The van der Waals surface area contributed by atoms with Gasteiger partial charge in [-0.05, 0) is 49.2 Å². The fourth-order valence-corrected chi connectivity index (χ4v) is 2.23. The van der Waals surface area contributed by atoms with Crippen molar-refractivity contribution in [2.24, 2.45) is 0 Å². The van der Waals surface area contributed by atoms with E-state index in [0.29, 0.717) is 21.5 Å². The zero-order chi connectivity index (χ0) is 16.1. The lowest BCUT2D eigenvalue weighted by atomic mass is 10.2. The number of hydrogen-bond acceptors (Lipinski definition) is 2. The molecule has 22 heavy (non-hydrogen) atoms. The second-order valence-corrected chi connectivity index (χ2v) is 5.71. The van der Waals surface area contributed by atoms with Crippen LogP contribution in [0.5, 0.6) is 5.75 Å². The molecule has 1 atom stereocenters. The van der Waals surface area contributed by atoms with Crippen LogP contribution in [0, 0.1) is 0 Å². The van der Waals surface area contributed by atoms with E-state index >= 15 is 0 Å². The number of aryl methyl sites for hydroxylation is 1. The van der Waals surface area contributed by atoms with Crippen LogP contribution in [0.4, 0.5) is 5.69 Å². The van der Waals surface area contributed by atoms with Crippen LogP contribution in [0.25, 0.3) is 0 Å². The molecule has 0 fully saturated rings. The van der Waals surface area contributed by atoms with Gasteiger partial charge in [-0.25, -0.2) is 0 Å². The number of carbonyl (C=O) groups is 1. The van der Waals surface area contributed by atoms with Gasteiger partial charge < -0.3 is 10.1 Å². The highest BCUT2D eigenvalue weighted by atomic mass is 35.5. The molecular formula is C17H17Cl2NO2. The first-order valence-electron chi connectivity index (χ1n) is 7.01. The Hall–Kier alpha value is -1.71.